The van der Waals surface area contributed by atoms with Crippen LogP contribution in [0.2, 0.25) is 0 Å². The van der Waals surface area contributed by atoms with Gasteiger partial charge in [0.1, 0.15) is 5.54 Å². The minimum absolute atomic E-state index is 0.0447. The molecule has 0 atom stereocenters. The highest BCUT2D eigenvalue weighted by atomic mass is 32.2. The lowest BCUT2D eigenvalue weighted by molar-refractivity contribution is -0.383. The summed E-state index contributed by atoms with van der Waals surface area (Å²) in [7, 11) is 0. The summed E-state index contributed by atoms with van der Waals surface area (Å²) in [6.07, 6.45) is 4.90. The summed E-state index contributed by atoms with van der Waals surface area (Å²) in [5.74, 6) is -1.34. The summed E-state index contributed by atoms with van der Waals surface area (Å²) in [6.45, 7) is 3.14. The van der Waals surface area contributed by atoms with Crippen LogP contribution in [0.15, 0.2) is 29.4 Å². The number of aliphatic carboxylic acids is 1. The van der Waals surface area contributed by atoms with Gasteiger partial charge in [-0.1, -0.05) is 36.0 Å². The van der Waals surface area contributed by atoms with Crippen molar-refractivity contribution in [3.63, 3.8) is 0 Å². The zero-order valence-electron chi connectivity index (χ0n) is 17.9. The molecule has 0 amide bonds. The van der Waals surface area contributed by atoms with Crippen molar-refractivity contribution in [2.24, 2.45) is 0 Å². The monoisotopic (exact) mass is 458 g/mol. The third kappa shape index (κ3) is 4.35. The van der Waals surface area contributed by atoms with Crippen LogP contribution in [0, 0.1) is 10.1 Å². The summed E-state index contributed by atoms with van der Waals surface area (Å²) in [5.41, 5.74) is 6.20. The number of nitro groups is 1. The van der Waals surface area contributed by atoms with Crippen LogP contribution < -0.4 is 10.6 Å². The number of likely N-dealkylation sites (tertiary alicyclic amines) is 1. The van der Waals surface area contributed by atoms with Crippen molar-refractivity contribution < 1.29 is 14.8 Å². The molecule has 32 heavy (non-hydrogen) atoms. The predicted octanol–water partition coefficient (Wildman–Crippen LogP) is 2.91. The van der Waals surface area contributed by atoms with Gasteiger partial charge in [0.15, 0.2) is 5.16 Å². The van der Waals surface area contributed by atoms with Crippen molar-refractivity contribution in [1.29, 1.82) is 0 Å². The van der Waals surface area contributed by atoms with Crippen molar-refractivity contribution >= 4 is 35.1 Å². The number of hydrogen-bond donors (Lipinski definition) is 2. The van der Waals surface area contributed by atoms with Crippen molar-refractivity contribution in [2.45, 2.75) is 49.5 Å². The van der Waals surface area contributed by atoms with E-state index in [9.17, 15) is 20.0 Å². The fourth-order valence-corrected chi connectivity index (χ4v) is 4.62. The van der Waals surface area contributed by atoms with Crippen LogP contribution in [0.5, 0.6) is 0 Å². The number of thioether (sulfide) groups is 1. The van der Waals surface area contributed by atoms with E-state index in [4.69, 9.17) is 5.73 Å². The average molecular weight is 459 g/mol. The van der Waals surface area contributed by atoms with Crippen LogP contribution in [-0.2, 0) is 17.9 Å². The molecule has 10 nitrogen and oxygen atoms in total. The van der Waals surface area contributed by atoms with Gasteiger partial charge in [0.25, 0.3) is 0 Å². The highest BCUT2D eigenvalue weighted by molar-refractivity contribution is 7.98. The molecule has 1 aliphatic heterocycles. The molecule has 0 radical (unpaired) electrons. The van der Waals surface area contributed by atoms with Gasteiger partial charge in [0.05, 0.1) is 4.92 Å². The Morgan fingerprint density at radius 3 is 2.59 bits per heavy atom. The minimum Gasteiger partial charge on any atom is -0.479 e. The maximum atomic E-state index is 12.2. The number of nitrogens with two attached hydrogens (primary N) is 1. The molecule has 1 aliphatic carbocycles. The van der Waals surface area contributed by atoms with Crippen LogP contribution in [0.1, 0.15) is 36.8 Å². The SMILES string of the molecule is CSc1nc(N)c([N+](=O)[O-])c(N(Cc2cccc(CN3CCCC3)c2)C2(C(=O)O)CC2)n1. The molecule has 170 valence electrons. The number of aromatic nitrogens is 2. The molecule has 2 aromatic rings. The number of benzene rings is 1. The second-order valence-electron chi connectivity index (χ2n) is 8.25. The highest BCUT2D eigenvalue weighted by Crippen LogP contribution is 2.48. The van der Waals surface area contributed by atoms with Crippen LogP contribution in [0.4, 0.5) is 17.3 Å². The van der Waals surface area contributed by atoms with Gasteiger partial charge in [-0.15, -0.1) is 0 Å². The molecule has 0 unspecified atom stereocenters. The fourth-order valence-electron chi connectivity index (χ4n) is 4.25. The van der Waals surface area contributed by atoms with Crippen molar-refractivity contribution in [2.75, 3.05) is 30.0 Å². The zero-order chi connectivity index (χ0) is 22.9. The van der Waals surface area contributed by atoms with Crippen LogP contribution in [0.3, 0.4) is 0 Å². The topological polar surface area (TPSA) is 139 Å². The van der Waals surface area contributed by atoms with Gasteiger partial charge in [-0.05, 0) is 56.2 Å². The van der Waals surface area contributed by atoms with Crippen molar-refractivity contribution in [3.8, 4) is 0 Å². The van der Waals surface area contributed by atoms with E-state index in [-0.39, 0.29) is 23.3 Å². The highest BCUT2D eigenvalue weighted by Gasteiger charge is 2.57. The number of hydrogen-bond acceptors (Lipinski definition) is 9. The third-order valence-electron chi connectivity index (χ3n) is 6.07. The van der Waals surface area contributed by atoms with E-state index < -0.39 is 22.1 Å². The molecule has 1 aromatic heterocycles. The summed E-state index contributed by atoms with van der Waals surface area (Å²) < 4.78 is 0. The van der Waals surface area contributed by atoms with Gasteiger partial charge in [0, 0.05) is 13.1 Å². The Bertz CT molecular complexity index is 1040. The molecule has 2 heterocycles. The maximum Gasteiger partial charge on any atom is 0.353 e. The first kappa shape index (κ1) is 22.3. The van der Waals surface area contributed by atoms with E-state index in [2.05, 4.69) is 14.9 Å². The molecular formula is C21H26N6O4S. The molecule has 2 fully saturated rings. The first-order valence-corrected chi connectivity index (χ1v) is 11.7. The van der Waals surface area contributed by atoms with Gasteiger partial charge in [-0.25, -0.2) is 4.79 Å². The van der Waals surface area contributed by atoms with Gasteiger partial charge < -0.3 is 15.7 Å². The average Bonchev–Trinajstić information content (AvgIpc) is 3.41. The standard InChI is InChI=1S/C21H26N6O4S/c1-32-20-23-17(22)16(27(30)31)18(24-20)26(21(7-8-21)19(28)29)13-15-6-4-5-14(11-15)12-25-9-2-3-10-25/h4-6,11H,2-3,7-10,12-13H2,1H3,(H,28,29)(H2,22,23,24). The molecule has 3 N–H and O–H groups in total. The normalized spacial score (nSPS) is 17.3. The van der Waals surface area contributed by atoms with E-state index in [1.54, 1.807) is 6.26 Å². The van der Waals surface area contributed by atoms with E-state index in [0.717, 1.165) is 30.8 Å². The molecule has 2 aliphatic rings. The second kappa shape index (κ2) is 8.91. The quantitative estimate of drug-likeness (QED) is 0.249. The lowest BCUT2D eigenvalue weighted by Crippen LogP contribution is -2.44. The molecule has 0 spiro atoms. The summed E-state index contributed by atoms with van der Waals surface area (Å²) in [5, 5.41) is 22.1. The van der Waals surface area contributed by atoms with Gasteiger partial charge in [0.2, 0.25) is 11.6 Å². The Balaban J connectivity index is 1.73. The smallest absolute Gasteiger partial charge is 0.353 e. The summed E-state index contributed by atoms with van der Waals surface area (Å²) >= 11 is 1.20. The number of nitrogens with zero attached hydrogens (tertiary/aromatic N) is 5. The van der Waals surface area contributed by atoms with E-state index in [1.807, 2.05) is 24.3 Å². The Kier molecular flexibility index (Phi) is 6.20. The summed E-state index contributed by atoms with van der Waals surface area (Å²) in [6, 6.07) is 7.93. The third-order valence-corrected chi connectivity index (χ3v) is 6.62. The lowest BCUT2D eigenvalue weighted by atomic mass is 10.1. The lowest BCUT2D eigenvalue weighted by Gasteiger charge is -2.30. The van der Waals surface area contributed by atoms with E-state index in [1.165, 1.54) is 29.5 Å². The Morgan fingerprint density at radius 2 is 2.00 bits per heavy atom. The minimum atomic E-state index is -1.24. The molecule has 1 saturated carbocycles. The van der Waals surface area contributed by atoms with Gasteiger partial charge in [-0.3, -0.25) is 15.0 Å². The first-order valence-electron chi connectivity index (χ1n) is 10.5. The Morgan fingerprint density at radius 1 is 1.31 bits per heavy atom. The van der Waals surface area contributed by atoms with Crippen LogP contribution in [0.25, 0.3) is 0 Å². The number of carboxylic acid groups (broad SMARTS) is 1. The van der Waals surface area contributed by atoms with Crippen molar-refractivity contribution in [1.82, 2.24) is 14.9 Å². The zero-order valence-corrected chi connectivity index (χ0v) is 18.7. The predicted molar refractivity (Wildman–Crippen MR) is 122 cm³/mol. The van der Waals surface area contributed by atoms with E-state index >= 15 is 0 Å². The molecule has 11 heteroatoms. The molecular weight excluding hydrogens is 432 g/mol. The van der Waals surface area contributed by atoms with Gasteiger partial charge in [-0.2, -0.15) is 9.97 Å². The second-order valence-corrected chi connectivity index (χ2v) is 9.02. The number of carbonyl (C=O) groups is 1. The fraction of sp³-hybridized carbons (Fsp3) is 0.476. The van der Waals surface area contributed by atoms with Crippen LogP contribution in [-0.4, -0.2) is 55.8 Å². The Hall–Kier alpha value is -2.92. The molecule has 4 rings (SSSR count). The molecule has 1 aromatic carbocycles. The number of rotatable bonds is 9. The number of nitrogen functional groups attached to an aromatic ring is 1. The first-order chi connectivity index (χ1) is 15.3. The maximum absolute atomic E-state index is 12.2. The Labute approximate surface area is 190 Å². The van der Waals surface area contributed by atoms with E-state index in [0.29, 0.717) is 12.8 Å². The summed E-state index contributed by atoms with van der Waals surface area (Å²) in [4.78, 5) is 35.6. The molecule has 0 bridgehead atoms. The van der Waals surface area contributed by atoms with Gasteiger partial charge >= 0.3 is 11.7 Å². The molecule has 1 saturated heterocycles. The number of anilines is 2. The van der Waals surface area contributed by atoms with Crippen molar-refractivity contribution in [3.05, 3.63) is 45.5 Å². The number of carboxylic acids is 1. The largest absolute Gasteiger partial charge is 0.479 e. The van der Waals surface area contributed by atoms with Crippen LogP contribution >= 0.6 is 11.8 Å².